The van der Waals surface area contributed by atoms with Gasteiger partial charge in [0.15, 0.2) is 0 Å². The quantitative estimate of drug-likeness (QED) is 0.941. The highest BCUT2D eigenvalue weighted by molar-refractivity contribution is 7.89. The molecule has 0 heterocycles. The third-order valence-electron chi connectivity index (χ3n) is 2.78. The van der Waals surface area contributed by atoms with Crippen LogP contribution in [0.3, 0.4) is 0 Å². The Morgan fingerprint density at radius 2 is 1.80 bits per heavy atom. The van der Waals surface area contributed by atoms with Crippen LogP contribution in [-0.4, -0.2) is 8.42 Å². The van der Waals surface area contributed by atoms with Crippen molar-refractivity contribution in [2.45, 2.75) is 18.4 Å². The third-order valence-corrected chi connectivity index (χ3v) is 3.69. The van der Waals surface area contributed by atoms with Crippen LogP contribution in [0.25, 0.3) is 0 Å². The number of sulfonamides is 1. The Bertz CT molecular complexity index is 712. The van der Waals surface area contributed by atoms with E-state index >= 15 is 0 Å². The number of benzene rings is 2. The molecular weight excluding hydrogens is 281 g/mol. The van der Waals surface area contributed by atoms with Gasteiger partial charge in [0.25, 0.3) is 0 Å². The van der Waals surface area contributed by atoms with Crippen molar-refractivity contribution >= 4 is 10.0 Å². The molecule has 0 atom stereocenters. The molecule has 2 N–H and O–H groups in total. The molecule has 0 amide bonds. The largest absolute Gasteiger partial charge is 0.489 e. The first kappa shape index (κ1) is 14.5. The third kappa shape index (κ3) is 3.55. The second kappa shape index (κ2) is 5.60. The lowest BCUT2D eigenvalue weighted by molar-refractivity contribution is 0.303. The van der Waals surface area contributed by atoms with E-state index in [1.165, 1.54) is 24.3 Å². The first-order valence-electron chi connectivity index (χ1n) is 5.87. The summed E-state index contributed by atoms with van der Waals surface area (Å²) < 4.78 is 40.8. The molecule has 0 spiro atoms. The summed E-state index contributed by atoms with van der Waals surface area (Å²) in [6.07, 6.45) is 0. The van der Waals surface area contributed by atoms with Crippen LogP contribution >= 0.6 is 0 Å². The fourth-order valence-corrected chi connectivity index (χ4v) is 2.30. The summed E-state index contributed by atoms with van der Waals surface area (Å²) in [5.74, 6) is 0.254. The molecule has 0 saturated heterocycles. The summed E-state index contributed by atoms with van der Waals surface area (Å²) >= 11 is 0. The number of aryl methyl sites for hydroxylation is 1. The van der Waals surface area contributed by atoms with E-state index in [4.69, 9.17) is 9.88 Å². The number of hydrogen-bond acceptors (Lipinski definition) is 3. The smallest absolute Gasteiger partial charge is 0.238 e. The van der Waals surface area contributed by atoms with Crippen molar-refractivity contribution in [2.75, 3.05) is 0 Å². The number of ether oxygens (including phenoxy) is 1. The highest BCUT2D eigenvalue weighted by Crippen LogP contribution is 2.22. The molecule has 0 aromatic heterocycles. The van der Waals surface area contributed by atoms with Gasteiger partial charge in [0.05, 0.1) is 4.90 Å². The van der Waals surface area contributed by atoms with Crippen LogP contribution in [0.2, 0.25) is 0 Å². The Labute approximate surface area is 117 Å². The second-order valence-corrected chi connectivity index (χ2v) is 5.95. The van der Waals surface area contributed by atoms with Crippen LogP contribution in [0.15, 0.2) is 47.4 Å². The summed E-state index contributed by atoms with van der Waals surface area (Å²) in [5.41, 5.74) is 1.49. The summed E-state index contributed by atoms with van der Waals surface area (Å²) in [6.45, 7) is 2.00. The monoisotopic (exact) mass is 295 g/mol. The average molecular weight is 295 g/mol. The molecule has 2 rings (SSSR count). The molecule has 0 bridgehead atoms. The van der Waals surface area contributed by atoms with Crippen LogP contribution in [-0.2, 0) is 16.6 Å². The van der Waals surface area contributed by atoms with Gasteiger partial charge in [0.1, 0.15) is 18.2 Å². The molecule has 0 aliphatic heterocycles. The summed E-state index contributed by atoms with van der Waals surface area (Å²) in [5, 5.41) is 5.05. The van der Waals surface area contributed by atoms with E-state index in [1.807, 2.05) is 0 Å². The highest BCUT2D eigenvalue weighted by atomic mass is 32.2. The molecular formula is C14H14FNO3S. The molecule has 2 aromatic rings. The number of rotatable bonds is 4. The maximum absolute atomic E-state index is 12.8. The molecule has 0 aliphatic rings. The van der Waals surface area contributed by atoms with E-state index < -0.39 is 10.0 Å². The first-order chi connectivity index (χ1) is 9.36. The summed E-state index contributed by atoms with van der Waals surface area (Å²) in [7, 11) is -3.71. The number of primary sulfonamides is 1. The molecule has 6 heteroatoms. The van der Waals surface area contributed by atoms with Crippen molar-refractivity contribution in [1.82, 2.24) is 0 Å². The number of halogens is 1. The minimum Gasteiger partial charge on any atom is -0.489 e. The molecule has 2 aromatic carbocycles. The Morgan fingerprint density at radius 1 is 1.15 bits per heavy atom. The van der Waals surface area contributed by atoms with Gasteiger partial charge in [0, 0.05) is 0 Å². The van der Waals surface area contributed by atoms with E-state index in [0.29, 0.717) is 11.3 Å². The minimum absolute atomic E-state index is 0.0455. The maximum atomic E-state index is 12.8. The lowest BCUT2D eigenvalue weighted by Crippen LogP contribution is -2.12. The van der Waals surface area contributed by atoms with Crippen molar-refractivity contribution in [3.8, 4) is 5.75 Å². The van der Waals surface area contributed by atoms with Gasteiger partial charge in [-0.3, -0.25) is 0 Å². The Morgan fingerprint density at radius 3 is 2.35 bits per heavy atom. The predicted octanol–water partition coefficient (Wildman–Crippen LogP) is 2.36. The van der Waals surface area contributed by atoms with Gasteiger partial charge in [-0.05, 0) is 48.4 Å². The highest BCUT2D eigenvalue weighted by Gasteiger charge is 2.10. The standard InChI is InChI=1S/C14H14FNO3S/c1-10-8-13(20(16,17)18)6-7-14(10)19-9-11-2-4-12(15)5-3-11/h2-8H,9H2,1H3,(H2,16,17,18). The average Bonchev–Trinajstić information content (AvgIpc) is 2.38. The van der Waals surface area contributed by atoms with Gasteiger partial charge in [-0.15, -0.1) is 0 Å². The zero-order valence-electron chi connectivity index (χ0n) is 10.8. The van der Waals surface area contributed by atoms with E-state index in [1.54, 1.807) is 25.1 Å². The van der Waals surface area contributed by atoms with E-state index in [-0.39, 0.29) is 17.3 Å². The lowest BCUT2D eigenvalue weighted by Gasteiger charge is -2.10. The van der Waals surface area contributed by atoms with Gasteiger partial charge in [-0.1, -0.05) is 12.1 Å². The van der Waals surface area contributed by atoms with Crippen LogP contribution in [0, 0.1) is 12.7 Å². The molecule has 0 saturated carbocycles. The fraction of sp³-hybridized carbons (Fsp3) is 0.143. The lowest BCUT2D eigenvalue weighted by atomic mass is 10.2. The molecule has 0 aliphatic carbocycles. The Balaban J connectivity index is 2.12. The zero-order valence-corrected chi connectivity index (χ0v) is 11.7. The SMILES string of the molecule is Cc1cc(S(N)(=O)=O)ccc1OCc1ccc(F)cc1. The van der Waals surface area contributed by atoms with E-state index in [0.717, 1.165) is 5.56 Å². The molecule has 0 fully saturated rings. The molecule has 0 unspecified atom stereocenters. The van der Waals surface area contributed by atoms with Gasteiger partial charge in [-0.2, -0.15) is 0 Å². The van der Waals surface area contributed by atoms with Gasteiger partial charge in [0.2, 0.25) is 10.0 Å². The normalized spacial score (nSPS) is 11.3. The van der Waals surface area contributed by atoms with E-state index in [9.17, 15) is 12.8 Å². The van der Waals surface area contributed by atoms with Gasteiger partial charge < -0.3 is 4.74 Å². The Kier molecular flexibility index (Phi) is 4.06. The fourth-order valence-electron chi connectivity index (χ4n) is 1.70. The topological polar surface area (TPSA) is 69.4 Å². The van der Waals surface area contributed by atoms with Crippen molar-refractivity contribution in [3.05, 3.63) is 59.4 Å². The zero-order chi connectivity index (χ0) is 14.8. The molecule has 20 heavy (non-hydrogen) atoms. The first-order valence-corrected chi connectivity index (χ1v) is 7.41. The van der Waals surface area contributed by atoms with Crippen LogP contribution in [0.5, 0.6) is 5.75 Å². The van der Waals surface area contributed by atoms with Crippen molar-refractivity contribution < 1.29 is 17.5 Å². The second-order valence-electron chi connectivity index (χ2n) is 4.39. The van der Waals surface area contributed by atoms with Crippen molar-refractivity contribution in [3.63, 3.8) is 0 Å². The van der Waals surface area contributed by atoms with Crippen molar-refractivity contribution in [1.29, 1.82) is 0 Å². The summed E-state index contributed by atoms with van der Waals surface area (Å²) in [6, 6.07) is 10.4. The molecule has 106 valence electrons. The number of nitrogens with two attached hydrogens (primary N) is 1. The Hall–Kier alpha value is -1.92. The van der Waals surface area contributed by atoms with Gasteiger partial charge in [-0.25, -0.2) is 17.9 Å². The maximum Gasteiger partial charge on any atom is 0.238 e. The minimum atomic E-state index is -3.71. The van der Waals surface area contributed by atoms with Crippen molar-refractivity contribution in [2.24, 2.45) is 5.14 Å². The molecule has 4 nitrogen and oxygen atoms in total. The van der Waals surface area contributed by atoms with Crippen LogP contribution < -0.4 is 9.88 Å². The van der Waals surface area contributed by atoms with Crippen LogP contribution in [0.1, 0.15) is 11.1 Å². The van der Waals surface area contributed by atoms with Gasteiger partial charge >= 0.3 is 0 Å². The molecule has 0 radical (unpaired) electrons. The predicted molar refractivity (Wildman–Crippen MR) is 73.3 cm³/mol. The summed E-state index contributed by atoms with van der Waals surface area (Å²) in [4.78, 5) is 0.0455. The number of hydrogen-bond donors (Lipinski definition) is 1. The van der Waals surface area contributed by atoms with Crippen LogP contribution in [0.4, 0.5) is 4.39 Å². The van der Waals surface area contributed by atoms with E-state index in [2.05, 4.69) is 0 Å².